The van der Waals surface area contributed by atoms with Gasteiger partial charge in [0, 0.05) is 23.2 Å². The van der Waals surface area contributed by atoms with Crippen molar-refractivity contribution in [2.24, 2.45) is 0 Å². The average molecular weight is 559 g/mol. The SMILES string of the molecule is CCCCCCCCCCCCN(CCCCCCCCCCCC)c1ccc2cc(Br)ccc2c1. The van der Waals surface area contributed by atoms with Gasteiger partial charge in [-0.25, -0.2) is 0 Å². The van der Waals surface area contributed by atoms with E-state index < -0.39 is 0 Å². The summed E-state index contributed by atoms with van der Waals surface area (Å²) in [6.07, 6.45) is 28.1. The van der Waals surface area contributed by atoms with E-state index in [1.165, 1.54) is 158 Å². The van der Waals surface area contributed by atoms with Crippen LogP contribution in [0.4, 0.5) is 5.69 Å². The molecule has 0 radical (unpaired) electrons. The van der Waals surface area contributed by atoms with Gasteiger partial charge in [0.15, 0.2) is 0 Å². The van der Waals surface area contributed by atoms with E-state index in [0.29, 0.717) is 0 Å². The molecule has 1 nitrogen and oxygen atoms in total. The van der Waals surface area contributed by atoms with Gasteiger partial charge < -0.3 is 4.90 Å². The molecule has 0 unspecified atom stereocenters. The molecule has 0 heterocycles. The van der Waals surface area contributed by atoms with E-state index in [1.807, 2.05) is 0 Å². The predicted molar refractivity (Wildman–Crippen MR) is 168 cm³/mol. The highest BCUT2D eigenvalue weighted by Crippen LogP contribution is 2.26. The third-order valence-electron chi connectivity index (χ3n) is 7.71. The van der Waals surface area contributed by atoms with Crippen LogP contribution in [0.3, 0.4) is 0 Å². The molecule has 36 heavy (non-hydrogen) atoms. The minimum absolute atomic E-state index is 1.16. The second-order valence-electron chi connectivity index (χ2n) is 11.0. The standard InChI is InChI=1S/C34H56BrN/c1-3-5-7-9-11-13-15-17-19-21-27-36(28-22-20-18-16-14-12-10-8-6-4-2)34-26-24-31-29-33(35)25-23-32(31)30-34/h23-26,29-30H,3-22,27-28H2,1-2H3. The van der Waals surface area contributed by atoms with E-state index >= 15 is 0 Å². The predicted octanol–water partition coefficient (Wildman–Crippen LogP) is 12.3. The summed E-state index contributed by atoms with van der Waals surface area (Å²) in [5, 5.41) is 2.68. The summed E-state index contributed by atoms with van der Waals surface area (Å²) in [5.41, 5.74) is 1.41. The van der Waals surface area contributed by atoms with Crippen LogP contribution in [0.2, 0.25) is 0 Å². The summed E-state index contributed by atoms with van der Waals surface area (Å²) in [7, 11) is 0. The van der Waals surface area contributed by atoms with Gasteiger partial charge in [0.2, 0.25) is 0 Å². The number of benzene rings is 2. The van der Waals surface area contributed by atoms with Crippen molar-refractivity contribution in [3.05, 3.63) is 40.9 Å². The number of halogens is 1. The molecule has 0 fully saturated rings. The van der Waals surface area contributed by atoms with E-state index in [0.717, 1.165) is 4.47 Å². The summed E-state index contributed by atoms with van der Waals surface area (Å²) in [6.45, 7) is 7.01. The van der Waals surface area contributed by atoms with Gasteiger partial charge in [0.05, 0.1) is 0 Å². The average Bonchev–Trinajstić information content (AvgIpc) is 2.89. The Hall–Kier alpha value is -1.02. The Kier molecular flexibility index (Phi) is 18.2. The number of hydrogen-bond acceptors (Lipinski definition) is 1. The van der Waals surface area contributed by atoms with Crippen LogP contribution >= 0.6 is 15.9 Å². The maximum absolute atomic E-state index is 3.62. The maximum atomic E-state index is 3.62. The first-order valence-corrected chi connectivity index (χ1v) is 16.5. The van der Waals surface area contributed by atoms with Crippen LogP contribution in [0.5, 0.6) is 0 Å². The molecule has 0 atom stereocenters. The lowest BCUT2D eigenvalue weighted by Gasteiger charge is -2.25. The van der Waals surface area contributed by atoms with Crippen molar-refractivity contribution in [2.45, 2.75) is 142 Å². The number of fused-ring (bicyclic) bond motifs is 1. The Morgan fingerprint density at radius 2 is 0.861 bits per heavy atom. The van der Waals surface area contributed by atoms with Crippen molar-refractivity contribution in [3.8, 4) is 0 Å². The first-order valence-electron chi connectivity index (χ1n) is 15.7. The Balaban J connectivity index is 1.73. The number of nitrogens with zero attached hydrogens (tertiary/aromatic N) is 1. The lowest BCUT2D eigenvalue weighted by atomic mass is 10.1. The molecule has 2 aromatic carbocycles. The zero-order valence-corrected chi connectivity index (χ0v) is 25.4. The number of hydrogen-bond donors (Lipinski definition) is 0. The number of unbranched alkanes of at least 4 members (excludes halogenated alkanes) is 18. The fourth-order valence-corrected chi connectivity index (χ4v) is 5.73. The molecule has 0 saturated carbocycles. The molecular weight excluding hydrogens is 502 g/mol. The van der Waals surface area contributed by atoms with Crippen LogP contribution in [0.1, 0.15) is 142 Å². The summed E-state index contributed by atoms with van der Waals surface area (Å²) < 4.78 is 1.16. The van der Waals surface area contributed by atoms with Crippen molar-refractivity contribution in [3.63, 3.8) is 0 Å². The highest BCUT2D eigenvalue weighted by molar-refractivity contribution is 9.10. The molecule has 0 amide bonds. The topological polar surface area (TPSA) is 3.24 Å². The van der Waals surface area contributed by atoms with Gasteiger partial charge in [-0.3, -0.25) is 0 Å². The molecule has 204 valence electrons. The zero-order valence-electron chi connectivity index (χ0n) is 23.8. The van der Waals surface area contributed by atoms with Crippen LogP contribution in [0.15, 0.2) is 40.9 Å². The fraction of sp³-hybridized carbons (Fsp3) is 0.706. The molecule has 0 aliphatic rings. The Morgan fingerprint density at radius 1 is 0.472 bits per heavy atom. The van der Waals surface area contributed by atoms with Crippen molar-refractivity contribution in [2.75, 3.05) is 18.0 Å². The monoisotopic (exact) mass is 557 g/mol. The molecule has 0 aromatic heterocycles. The third-order valence-corrected chi connectivity index (χ3v) is 8.21. The van der Waals surface area contributed by atoms with Crippen molar-refractivity contribution in [1.29, 1.82) is 0 Å². The Bertz CT molecular complexity index is 762. The molecule has 0 saturated heterocycles. The highest BCUT2D eigenvalue weighted by Gasteiger charge is 2.08. The van der Waals surface area contributed by atoms with E-state index in [2.05, 4.69) is 71.1 Å². The Labute approximate surface area is 232 Å². The summed E-state index contributed by atoms with van der Waals surface area (Å²) >= 11 is 3.62. The fourth-order valence-electron chi connectivity index (χ4n) is 5.35. The lowest BCUT2D eigenvalue weighted by Crippen LogP contribution is -2.25. The van der Waals surface area contributed by atoms with Crippen molar-refractivity contribution >= 4 is 32.4 Å². The molecule has 0 bridgehead atoms. The molecular formula is C34H56BrN. The van der Waals surface area contributed by atoms with E-state index in [-0.39, 0.29) is 0 Å². The van der Waals surface area contributed by atoms with Crippen LogP contribution in [-0.4, -0.2) is 13.1 Å². The van der Waals surface area contributed by atoms with Crippen LogP contribution in [-0.2, 0) is 0 Å². The van der Waals surface area contributed by atoms with Gasteiger partial charge in [0.25, 0.3) is 0 Å². The Morgan fingerprint density at radius 3 is 1.33 bits per heavy atom. The van der Waals surface area contributed by atoms with Crippen molar-refractivity contribution < 1.29 is 0 Å². The smallest absolute Gasteiger partial charge is 0.0372 e. The molecule has 0 aliphatic heterocycles. The summed E-state index contributed by atoms with van der Waals surface area (Å²) in [5.74, 6) is 0. The quantitative estimate of drug-likeness (QED) is 0.123. The summed E-state index contributed by atoms with van der Waals surface area (Å²) in [4.78, 5) is 2.68. The first kappa shape index (κ1) is 31.2. The van der Waals surface area contributed by atoms with Crippen LogP contribution in [0, 0.1) is 0 Å². The van der Waals surface area contributed by atoms with E-state index in [9.17, 15) is 0 Å². The molecule has 0 spiro atoms. The number of rotatable bonds is 23. The molecule has 2 aromatic rings. The highest BCUT2D eigenvalue weighted by atomic mass is 79.9. The van der Waals surface area contributed by atoms with E-state index in [4.69, 9.17) is 0 Å². The van der Waals surface area contributed by atoms with Crippen LogP contribution in [0.25, 0.3) is 10.8 Å². The summed E-state index contributed by atoms with van der Waals surface area (Å²) in [6, 6.07) is 13.7. The van der Waals surface area contributed by atoms with Gasteiger partial charge in [-0.2, -0.15) is 0 Å². The van der Waals surface area contributed by atoms with Gasteiger partial charge in [-0.15, -0.1) is 0 Å². The zero-order chi connectivity index (χ0) is 25.7. The first-order chi connectivity index (χ1) is 17.7. The largest absolute Gasteiger partial charge is 0.372 e. The second-order valence-corrected chi connectivity index (χ2v) is 11.9. The molecule has 2 heteroatoms. The van der Waals surface area contributed by atoms with Gasteiger partial charge in [-0.1, -0.05) is 157 Å². The lowest BCUT2D eigenvalue weighted by molar-refractivity contribution is 0.543. The van der Waals surface area contributed by atoms with Gasteiger partial charge in [0.1, 0.15) is 0 Å². The third kappa shape index (κ3) is 14.1. The molecule has 2 rings (SSSR count). The minimum atomic E-state index is 1.16. The van der Waals surface area contributed by atoms with Gasteiger partial charge in [-0.05, 0) is 47.9 Å². The molecule has 0 N–H and O–H groups in total. The second kappa shape index (κ2) is 21.0. The normalized spacial score (nSPS) is 11.4. The molecule has 0 aliphatic carbocycles. The maximum Gasteiger partial charge on any atom is 0.0372 e. The van der Waals surface area contributed by atoms with Crippen molar-refractivity contribution in [1.82, 2.24) is 0 Å². The van der Waals surface area contributed by atoms with Gasteiger partial charge >= 0.3 is 0 Å². The van der Waals surface area contributed by atoms with Crippen LogP contribution < -0.4 is 4.90 Å². The number of anilines is 1. The minimum Gasteiger partial charge on any atom is -0.372 e. The van der Waals surface area contributed by atoms with E-state index in [1.54, 1.807) is 0 Å².